The van der Waals surface area contributed by atoms with E-state index in [9.17, 15) is 4.39 Å². The van der Waals surface area contributed by atoms with Gasteiger partial charge in [0.2, 0.25) is 0 Å². The zero-order chi connectivity index (χ0) is 13.0. The van der Waals surface area contributed by atoms with Crippen molar-refractivity contribution in [1.82, 2.24) is 0 Å². The molecule has 0 spiro atoms. The first-order valence-electron chi connectivity index (χ1n) is 6.84. The summed E-state index contributed by atoms with van der Waals surface area (Å²) in [7, 11) is 0. The first kappa shape index (κ1) is 13.1. The molecule has 0 saturated heterocycles. The zero-order valence-electron chi connectivity index (χ0n) is 11.1. The Bertz CT molecular complexity index is 533. The maximum Gasteiger partial charge on any atom is 0.123 e. The van der Waals surface area contributed by atoms with Crippen molar-refractivity contribution in [2.45, 2.75) is 39.0 Å². The van der Waals surface area contributed by atoms with E-state index in [0.29, 0.717) is 5.92 Å². The van der Waals surface area contributed by atoms with Crippen LogP contribution in [0.1, 0.15) is 39.0 Å². The van der Waals surface area contributed by atoms with E-state index in [0.717, 1.165) is 10.4 Å². The summed E-state index contributed by atoms with van der Waals surface area (Å²) in [5, 5.41) is 1.91. The van der Waals surface area contributed by atoms with Crippen LogP contribution in [-0.2, 0) is 0 Å². The number of halogens is 1. The second-order valence-corrected chi connectivity index (χ2v) is 5.09. The number of rotatable bonds is 2. The lowest BCUT2D eigenvalue weighted by Gasteiger charge is -2.23. The van der Waals surface area contributed by atoms with Crippen molar-refractivity contribution in [3.05, 3.63) is 46.6 Å². The molecule has 2 rings (SSSR count). The van der Waals surface area contributed by atoms with Crippen LogP contribution < -0.4 is 10.4 Å². The molecular weight excluding hydrogens is 223 g/mol. The second kappa shape index (κ2) is 5.99. The van der Waals surface area contributed by atoms with E-state index in [2.05, 4.69) is 12.7 Å². The molecule has 1 aliphatic carbocycles. The Kier molecular flexibility index (Phi) is 4.35. The lowest BCUT2D eigenvalue weighted by molar-refractivity contribution is 0.429. The third-order valence-electron chi connectivity index (χ3n) is 3.77. The third-order valence-corrected chi connectivity index (χ3v) is 3.77. The van der Waals surface area contributed by atoms with Crippen LogP contribution in [0.15, 0.2) is 30.4 Å². The molecule has 0 heterocycles. The monoisotopic (exact) mass is 244 g/mol. The van der Waals surface area contributed by atoms with Crippen LogP contribution in [0.5, 0.6) is 0 Å². The summed E-state index contributed by atoms with van der Waals surface area (Å²) in [5.74, 6) is 0.396. The molecule has 1 aliphatic rings. The summed E-state index contributed by atoms with van der Waals surface area (Å²) in [6, 6.07) is 4.89. The van der Waals surface area contributed by atoms with Gasteiger partial charge in [-0.3, -0.25) is 0 Å². The molecule has 0 unspecified atom stereocenters. The maximum atomic E-state index is 13.4. The Morgan fingerprint density at radius 2 is 2.00 bits per heavy atom. The van der Waals surface area contributed by atoms with E-state index in [4.69, 9.17) is 0 Å². The third kappa shape index (κ3) is 2.90. The highest BCUT2D eigenvalue weighted by Gasteiger charge is 2.16. The summed E-state index contributed by atoms with van der Waals surface area (Å²) in [6.07, 6.45) is 10.5. The lowest BCUT2D eigenvalue weighted by atomic mass is 9.82. The summed E-state index contributed by atoms with van der Waals surface area (Å²) in [6.45, 7) is 6.06. The molecule has 0 aliphatic heterocycles. The molecule has 96 valence electrons. The molecule has 18 heavy (non-hydrogen) atoms. The molecule has 1 saturated carbocycles. The van der Waals surface area contributed by atoms with Crippen LogP contribution in [-0.4, -0.2) is 0 Å². The highest BCUT2D eigenvalue weighted by atomic mass is 19.1. The molecule has 1 fully saturated rings. The standard InChI is InChI=1S/C17H21F/c1-3-7-16(14-8-5-4-6-9-14)17-12-15(18)11-10-13(17)2/h3,7,10-12,14H,2,4-6,8-9H2,1H3/b7-3-,17-16+. The molecule has 1 heteroatoms. The lowest BCUT2D eigenvalue weighted by Crippen LogP contribution is -2.28. The predicted octanol–water partition coefficient (Wildman–Crippen LogP) is 3.54. The second-order valence-electron chi connectivity index (χ2n) is 5.09. The summed E-state index contributed by atoms with van der Waals surface area (Å²) < 4.78 is 13.4. The number of allylic oxidation sites excluding steroid dienone is 2. The van der Waals surface area contributed by atoms with Gasteiger partial charge in [0.15, 0.2) is 0 Å². The van der Waals surface area contributed by atoms with E-state index in [1.807, 2.05) is 13.0 Å². The molecule has 1 aromatic rings. The smallest absolute Gasteiger partial charge is 0.123 e. The average molecular weight is 244 g/mol. The van der Waals surface area contributed by atoms with E-state index in [-0.39, 0.29) is 5.82 Å². The van der Waals surface area contributed by atoms with Crippen LogP contribution in [0.25, 0.3) is 12.2 Å². The van der Waals surface area contributed by atoms with Crippen LogP contribution in [0, 0.1) is 11.7 Å². The minimum absolute atomic E-state index is 0.171. The van der Waals surface area contributed by atoms with Gasteiger partial charge in [-0.05, 0) is 53.8 Å². The van der Waals surface area contributed by atoms with E-state index in [1.54, 1.807) is 12.1 Å². The fourth-order valence-corrected chi connectivity index (χ4v) is 2.86. The number of benzene rings is 1. The first-order valence-corrected chi connectivity index (χ1v) is 6.84. The van der Waals surface area contributed by atoms with Crippen molar-refractivity contribution in [2.75, 3.05) is 0 Å². The van der Waals surface area contributed by atoms with Crippen molar-refractivity contribution >= 4 is 12.2 Å². The summed E-state index contributed by atoms with van der Waals surface area (Å²) >= 11 is 0. The molecular formula is C17H21F. The molecule has 0 nitrogen and oxygen atoms in total. The van der Waals surface area contributed by atoms with Gasteiger partial charge in [0.25, 0.3) is 0 Å². The number of hydrogen-bond acceptors (Lipinski definition) is 0. The van der Waals surface area contributed by atoms with Gasteiger partial charge in [-0.15, -0.1) is 0 Å². The van der Waals surface area contributed by atoms with Crippen LogP contribution >= 0.6 is 0 Å². The largest absolute Gasteiger partial charge is 0.207 e. The minimum atomic E-state index is -0.171. The zero-order valence-corrected chi connectivity index (χ0v) is 11.1. The molecule has 0 N–H and O–H groups in total. The van der Waals surface area contributed by atoms with E-state index < -0.39 is 0 Å². The molecule has 0 radical (unpaired) electrons. The van der Waals surface area contributed by atoms with Gasteiger partial charge >= 0.3 is 0 Å². The first-order chi connectivity index (χ1) is 8.72. The van der Waals surface area contributed by atoms with Crippen molar-refractivity contribution in [3.8, 4) is 0 Å². The Balaban J connectivity index is 2.57. The molecule has 0 atom stereocenters. The molecule has 0 bridgehead atoms. The number of hydrogen-bond donors (Lipinski definition) is 0. The predicted molar refractivity (Wildman–Crippen MR) is 76.0 cm³/mol. The van der Waals surface area contributed by atoms with Gasteiger partial charge in [-0.2, -0.15) is 0 Å². The molecule has 0 aromatic heterocycles. The van der Waals surface area contributed by atoms with Crippen molar-refractivity contribution in [1.29, 1.82) is 0 Å². The molecule has 1 aromatic carbocycles. The summed E-state index contributed by atoms with van der Waals surface area (Å²) in [4.78, 5) is 0. The van der Waals surface area contributed by atoms with E-state index in [1.165, 1.54) is 43.7 Å². The maximum absolute atomic E-state index is 13.4. The van der Waals surface area contributed by atoms with Gasteiger partial charge in [0, 0.05) is 0 Å². The fourth-order valence-electron chi connectivity index (χ4n) is 2.86. The Labute approximate surface area is 109 Å². The average Bonchev–Trinajstić information content (AvgIpc) is 2.40. The minimum Gasteiger partial charge on any atom is -0.207 e. The highest BCUT2D eigenvalue weighted by Crippen LogP contribution is 2.30. The van der Waals surface area contributed by atoms with Crippen LogP contribution in [0.2, 0.25) is 0 Å². The SMILES string of the molecule is C=c1ccc(F)c/c1=C(/C=C\C)C1CCCCC1. The highest BCUT2D eigenvalue weighted by molar-refractivity contribution is 5.59. The molecule has 0 amide bonds. The van der Waals surface area contributed by atoms with Crippen LogP contribution in [0.3, 0.4) is 0 Å². The Hall–Kier alpha value is -1.37. The van der Waals surface area contributed by atoms with Gasteiger partial charge in [0.05, 0.1) is 0 Å². The Morgan fingerprint density at radius 3 is 2.67 bits per heavy atom. The van der Waals surface area contributed by atoms with Crippen LogP contribution in [0.4, 0.5) is 4.39 Å². The van der Waals surface area contributed by atoms with Crippen molar-refractivity contribution < 1.29 is 4.39 Å². The quantitative estimate of drug-likeness (QED) is 0.746. The van der Waals surface area contributed by atoms with Gasteiger partial charge in [-0.1, -0.05) is 44.1 Å². The normalized spacial score (nSPS) is 19.2. The van der Waals surface area contributed by atoms with Crippen molar-refractivity contribution in [2.24, 2.45) is 5.92 Å². The topological polar surface area (TPSA) is 0 Å². The Morgan fingerprint density at radius 1 is 1.28 bits per heavy atom. The van der Waals surface area contributed by atoms with Gasteiger partial charge in [-0.25, -0.2) is 4.39 Å². The van der Waals surface area contributed by atoms with Crippen molar-refractivity contribution in [3.63, 3.8) is 0 Å². The fraction of sp³-hybridized carbons (Fsp3) is 0.412. The van der Waals surface area contributed by atoms with Gasteiger partial charge in [0.1, 0.15) is 5.82 Å². The van der Waals surface area contributed by atoms with E-state index >= 15 is 0 Å². The summed E-state index contributed by atoms with van der Waals surface area (Å²) in [5.41, 5.74) is 1.27. The van der Waals surface area contributed by atoms with Gasteiger partial charge < -0.3 is 0 Å².